The monoisotopic (exact) mass is 203 g/mol. The fourth-order valence-corrected chi connectivity index (χ4v) is 3.01. The molecule has 2 aliphatic rings. The SMILES string of the molecule is C/N=C\C1=C(C)C=C2CCC(C)C2(C)C1. The van der Waals surface area contributed by atoms with Gasteiger partial charge in [0.25, 0.3) is 0 Å². The minimum absolute atomic E-state index is 0.413. The van der Waals surface area contributed by atoms with Gasteiger partial charge in [0.15, 0.2) is 0 Å². The number of rotatable bonds is 1. The molecule has 2 aliphatic carbocycles. The summed E-state index contributed by atoms with van der Waals surface area (Å²) in [5, 5.41) is 0. The van der Waals surface area contributed by atoms with Gasteiger partial charge in [-0.1, -0.05) is 25.5 Å². The van der Waals surface area contributed by atoms with Crippen LogP contribution in [0.4, 0.5) is 0 Å². The van der Waals surface area contributed by atoms with Crippen LogP contribution in [0.1, 0.15) is 40.0 Å². The Labute approximate surface area is 93.0 Å². The fraction of sp³-hybridized carbons (Fsp3) is 0.643. The van der Waals surface area contributed by atoms with Gasteiger partial charge in [0.1, 0.15) is 0 Å². The summed E-state index contributed by atoms with van der Waals surface area (Å²) >= 11 is 0. The molecule has 15 heavy (non-hydrogen) atoms. The van der Waals surface area contributed by atoms with Crippen molar-refractivity contribution in [1.29, 1.82) is 0 Å². The van der Waals surface area contributed by atoms with Gasteiger partial charge in [-0.2, -0.15) is 0 Å². The number of allylic oxidation sites excluding steroid dienone is 4. The van der Waals surface area contributed by atoms with Crippen molar-refractivity contribution in [3.8, 4) is 0 Å². The van der Waals surface area contributed by atoms with Crippen molar-refractivity contribution in [2.24, 2.45) is 16.3 Å². The minimum Gasteiger partial charge on any atom is -0.296 e. The van der Waals surface area contributed by atoms with Crippen LogP contribution in [0.15, 0.2) is 27.8 Å². The van der Waals surface area contributed by atoms with Crippen molar-refractivity contribution < 1.29 is 0 Å². The van der Waals surface area contributed by atoms with E-state index in [1.165, 1.54) is 30.4 Å². The Morgan fingerprint density at radius 3 is 2.93 bits per heavy atom. The summed E-state index contributed by atoms with van der Waals surface area (Å²) in [7, 11) is 1.86. The van der Waals surface area contributed by atoms with Gasteiger partial charge in [-0.05, 0) is 48.7 Å². The lowest BCUT2D eigenvalue weighted by Gasteiger charge is -2.35. The normalized spacial score (nSPS) is 36.0. The molecule has 82 valence electrons. The molecule has 0 radical (unpaired) electrons. The van der Waals surface area contributed by atoms with Crippen LogP contribution in [0.5, 0.6) is 0 Å². The van der Waals surface area contributed by atoms with Gasteiger partial charge in [0.05, 0.1) is 0 Å². The molecule has 1 saturated carbocycles. The first-order valence-corrected chi connectivity index (χ1v) is 5.91. The summed E-state index contributed by atoms with van der Waals surface area (Å²) in [4.78, 5) is 4.17. The van der Waals surface area contributed by atoms with E-state index in [1.807, 2.05) is 13.3 Å². The molecule has 2 unspecified atom stereocenters. The number of hydrogen-bond donors (Lipinski definition) is 0. The fourth-order valence-electron chi connectivity index (χ4n) is 3.01. The van der Waals surface area contributed by atoms with Gasteiger partial charge >= 0.3 is 0 Å². The van der Waals surface area contributed by atoms with Crippen LogP contribution >= 0.6 is 0 Å². The van der Waals surface area contributed by atoms with E-state index in [0.29, 0.717) is 5.41 Å². The van der Waals surface area contributed by atoms with Gasteiger partial charge in [0.2, 0.25) is 0 Å². The Morgan fingerprint density at radius 1 is 1.53 bits per heavy atom. The summed E-state index contributed by atoms with van der Waals surface area (Å²) in [5.74, 6) is 0.817. The predicted octanol–water partition coefficient (Wildman–Crippen LogP) is 3.77. The first kappa shape index (κ1) is 10.7. The summed E-state index contributed by atoms with van der Waals surface area (Å²) in [6.07, 6.45) is 8.28. The second kappa shape index (κ2) is 3.62. The van der Waals surface area contributed by atoms with E-state index < -0.39 is 0 Å². The highest BCUT2D eigenvalue weighted by Gasteiger charge is 2.41. The molecule has 0 heterocycles. The van der Waals surface area contributed by atoms with E-state index in [2.05, 4.69) is 31.8 Å². The zero-order valence-electron chi connectivity index (χ0n) is 10.3. The van der Waals surface area contributed by atoms with Crippen LogP contribution < -0.4 is 0 Å². The third-order valence-electron chi connectivity index (χ3n) is 4.41. The average Bonchev–Trinajstić information content (AvgIpc) is 2.46. The van der Waals surface area contributed by atoms with Gasteiger partial charge < -0.3 is 0 Å². The lowest BCUT2D eigenvalue weighted by Crippen LogP contribution is -2.25. The summed E-state index contributed by atoms with van der Waals surface area (Å²) in [5.41, 5.74) is 4.93. The molecule has 0 amide bonds. The summed E-state index contributed by atoms with van der Waals surface area (Å²) in [6.45, 7) is 7.03. The van der Waals surface area contributed by atoms with E-state index in [9.17, 15) is 0 Å². The van der Waals surface area contributed by atoms with E-state index in [-0.39, 0.29) is 0 Å². The van der Waals surface area contributed by atoms with Crippen molar-refractivity contribution in [2.75, 3.05) is 7.05 Å². The molecule has 0 spiro atoms. The molecule has 0 saturated heterocycles. The van der Waals surface area contributed by atoms with E-state index in [0.717, 1.165) is 5.92 Å². The molecule has 0 N–H and O–H groups in total. The molecular formula is C14H21N. The lowest BCUT2D eigenvalue weighted by atomic mass is 9.69. The van der Waals surface area contributed by atoms with Crippen molar-refractivity contribution in [2.45, 2.75) is 40.0 Å². The first-order valence-electron chi connectivity index (χ1n) is 5.91. The first-order chi connectivity index (χ1) is 7.08. The quantitative estimate of drug-likeness (QED) is 0.575. The Kier molecular flexibility index (Phi) is 2.57. The zero-order valence-corrected chi connectivity index (χ0v) is 10.3. The molecule has 0 aromatic rings. The molecule has 1 heteroatoms. The molecule has 0 aromatic heterocycles. The smallest absolute Gasteiger partial charge is 0.0277 e. The van der Waals surface area contributed by atoms with Crippen LogP contribution in [0.3, 0.4) is 0 Å². The molecule has 2 atom stereocenters. The second-order valence-electron chi connectivity index (χ2n) is 5.30. The largest absolute Gasteiger partial charge is 0.296 e. The van der Waals surface area contributed by atoms with Crippen molar-refractivity contribution in [3.63, 3.8) is 0 Å². The third-order valence-corrected chi connectivity index (χ3v) is 4.41. The highest BCUT2D eigenvalue weighted by molar-refractivity contribution is 5.81. The maximum Gasteiger partial charge on any atom is 0.0277 e. The van der Waals surface area contributed by atoms with E-state index in [4.69, 9.17) is 0 Å². The van der Waals surface area contributed by atoms with Crippen LogP contribution in [-0.2, 0) is 0 Å². The maximum atomic E-state index is 4.17. The zero-order chi connectivity index (χ0) is 11.1. The molecule has 0 aliphatic heterocycles. The van der Waals surface area contributed by atoms with Gasteiger partial charge in [-0.25, -0.2) is 0 Å². The molecule has 0 aromatic carbocycles. The second-order valence-corrected chi connectivity index (χ2v) is 5.30. The molecule has 1 fully saturated rings. The van der Waals surface area contributed by atoms with Gasteiger partial charge in [-0.15, -0.1) is 0 Å². The maximum absolute atomic E-state index is 4.17. The number of hydrogen-bond acceptors (Lipinski definition) is 1. The van der Waals surface area contributed by atoms with Crippen molar-refractivity contribution in [1.82, 2.24) is 0 Å². The Morgan fingerprint density at radius 2 is 2.27 bits per heavy atom. The van der Waals surface area contributed by atoms with Crippen LogP contribution in [0, 0.1) is 11.3 Å². The molecule has 2 rings (SSSR count). The summed E-state index contributed by atoms with van der Waals surface area (Å²) in [6, 6.07) is 0. The van der Waals surface area contributed by atoms with Crippen LogP contribution in [0.25, 0.3) is 0 Å². The Bertz CT molecular complexity index is 360. The average molecular weight is 203 g/mol. The van der Waals surface area contributed by atoms with Crippen LogP contribution in [0.2, 0.25) is 0 Å². The molecular weight excluding hydrogens is 182 g/mol. The lowest BCUT2D eigenvalue weighted by molar-refractivity contribution is 0.294. The van der Waals surface area contributed by atoms with Crippen molar-refractivity contribution >= 4 is 6.21 Å². The minimum atomic E-state index is 0.413. The molecule has 1 nitrogen and oxygen atoms in total. The van der Waals surface area contributed by atoms with Crippen molar-refractivity contribution in [3.05, 3.63) is 22.8 Å². The highest BCUT2D eigenvalue weighted by Crippen LogP contribution is 2.53. The van der Waals surface area contributed by atoms with E-state index >= 15 is 0 Å². The van der Waals surface area contributed by atoms with Crippen LogP contribution in [-0.4, -0.2) is 13.3 Å². The molecule has 0 bridgehead atoms. The van der Waals surface area contributed by atoms with E-state index in [1.54, 1.807) is 5.57 Å². The third kappa shape index (κ3) is 1.58. The topological polar surface area (TPSA) is 12.4 Å². The number of nitrogens with zero attached hydrogens (tertiary/aromatic N) is 1. The number of aliphatic imine (C=N–C) groups is 1. The Balaban J connectivity index is 2.39. The number of fused-ring (bicyclic) bond motifs is 1. The summed E-state index contributed by atoms with van der Waals surface area (Å²) < 4.78 is 0. The predicted molar refractivity (Wildman–Crippen MR) is 66.3 cm³/mol. The van der Waals surface area contributed by atoms with Gasteiger partial charge in [-0.3, -0.25) is 4.99 Å². The Hall–Kier alpha value is -0.850. The van der Waals surface area contributed by atoms with Gasteiger partial charge in [0, 0.05) is 13.3 Å². The standard InChI is InChI=1S/C14H21N/c1-10-7-13-6-5-11(2)14(13,3)8-12(10)9-15-4/h7,9,11H,5-6,8H2,1-4H3/b15-9-. The highest BCUT2D eigenvalue weighted by atomic mass is 14.6.